The quantitative estimate of drug-likeness (QED) is 0.367. The number of amidine groups is 1. The SMILES string of the molecule is CSC1(C(N)=NO)CCN(Cc2ccc(F)c(Br)c2)CC1. The molecule has 3 N–H and O–H groups in total. The molecule has 0 aromatic heterocycles. The van der Waals surface area contributed by atoms with Crippen LogP contribution in [0.25, 0.3) is 0 Å². The molecule has 0 unspecified atom stereocenters. The monoisotopic (exact) mass is 375 g/mol. The lowest BCUT2D eigenvalue weighted by molar-refractivity contribution is 0.209. The zero-order valence-electron chi connectivity index (χ0n) is 11.9. The third-order valence-electron chi connectivity index (χ3n) is 4.02. The molecule has 0 aliphatic carbocycles. The number of benzene rings is 1. The minimum Gasteiger partial charge on any atom is -0.409 e. The van der Waals surface area contributed by atoms with Gasteiger partial charge >= 0.3 is 0 Å². The minimum atomic E-state index is -0.269. The molecule has 0 amide bonds. The van der Waals surface area contributed by atoms with Crippen molar-refractivity contribution in [2.24, 2.45) is 10.9 Å². The van der Waals surface area contributed by atoms with Crippen molar-refractivity contribution in [3.8, 4) is 0 Å². The van der Waals surface area contributed by atoms with E-state index < -0.39 is 0 Å². The molecule has 1 aliphatic heterocycles. The summed E-state index contributed by atoms with van der Waals surface area (Å²) in [5.74, 6) is 0.0601. The Hall–Kier alpha value is -0.790. The highest BCUT2D eigenvalue weighted by atomic mass is 79.9. The fraction of sp³-hybridized carbons (Fsp3) is 0.500. The van der Waals surface area contributed by atoms with Gasteiger partial charge in [0, 0.05) is 19.6 Å². The van der Waals surface area contributed by atoms with E-state index in [2.05, 4.69) is 26.0 Å². The summed E-state index contributed by atoms with van der Waals surface area (Å²) in [5, 5.41) is 12.1. The Bertz CT molecular complexity index is 533. The third-order valence-corrected chi connectivity index (χ3v) is 6.03. The van der Waals surface area contributed by atoms with Gasteiger partial charge in [0.15, 0.2) is 5.84 Å². The normalized spacial score (nSPS) is 19.7. The topological polar surface area (TPSA) is 61.9 Å². The number of thioether (sulfide) groups is 1. The maximum Gasteiger partial charge on any atom is 0.155 e. The van der Waals surface area contributed by atoms with Crippen LogP contribution in [0.5, 0.6) is 0 Å². The van der Waals surface area contributed by atoms with Gasteiger partial charge in [-0.25, -0.2) is 4.39 Å². The maximum atomic E-state index is 13.2. The average Bonchev–Trinajstić information content (AvgIpc) is 2.51. The fourth-order valence-corrected chi connectivity index (χ4v) is 3.89. The Morgan fingerprint density at radius 3 is 2.71 bits per heavy atom. The predicted octanol–water partition coefficient (Wildman–Crippen LogP) is 3.03. The van der Waals surface area contributed by atoms with Gasteiger partial charge in [-0.2, -0.15) is 11.8 Å². The molecule has 1 aromatic rings. The summed E-state index contributed by atoms with van der Waals surface area (Å²) in [6.45, 7) is 2.51. The van der Waals surface area contributed by atoms with Gasteiger partial charge < -0.3 is 10.9 Å². The largest absolute Gasteiger partial charge is 0.409 e. The summed E-state index contributed by atoms with van der Waals surface area (Å²) >= 11 is 4.85. The van der Waals surface area contributed by atoms with Crippen LogP contribution in [-0.4, -0.2) is 40.0 Å². The molecule has 1 heterocycles. The van der Waals surface area contributed by atoms with Crippen LogP contribution in [0.4, 0.5) is 4.39 Å². The Morgan fingerprint density at radius 2 is 2.19 bits per heavy atom. The average molecular weight is 376 g/mol. The summed E-state index contributed by atoms with van der Waals surface area (Å²) in [5.41, 5.74) is 6.91. The second-order valence-corrected chi connectivity index (χ2v) is 7.25. The number of halogens is 2. The highest BCUT2D eigenvalue weighted by molar-refractivity contribution is 9.10. The molecular weight excluding hydrogens is 357 g/mol. The number of nitrogens with two attached hydrogens (primary N) is 1. The van der Waals surface area contributed by atoms with Gasteiger partial charge in [0.05, 0.1) is 9.22 Å². The fourth-order valence-electron chi connectivity index (χ4n) is 2.62. The van der Waals surface area contributed by atoms with Gasteiger partial charge in [0.2, 0.25) is 0 Å². The molecule has 0 atom stereocenters. The van der Waals surface area contributed by atoms with E-state index in [1.54, 1.807) is 17.8 Å². The zero-order chi connectivity index (χ0) is 15.5. The minimum absolute atomic E-state index is 0.245. The molecule has 1 aromatic carbocycles. The van der Waals surface area contributed by atoms with Gasteiger partial charge in [0.1, 0.15) is 5.82 Å². The smallest absolute Gasteiger partial charge is 0.155 e. The lowest BCUT2D eigenvalue weighted by Gasteiger charge is -2.39. The first-order valence-electron chi connectivity index (χ1n) is 6.70. The molecule has 0 saturated carbocycles. The van der Waals surface area contributed by atoms with Gasteiger partial charge in [-0.15, -0.1) is 0 Å². The molecule has 2 rings (SSSR count). The molecule has 7 heteroatoms. The van der Waals surface area contributed by atoms with E-state index in [1.807, 2.05) is 12.3 Å². The van der Waals surface area contributed by atoms with E-state index in [0.717, 1.165) is 38.0 Å². The maximum absolute atomic E-state index is 13.2. The molecule has 0 radical (unpaired) electrons. The van der Waals surface area contributed by atoms with Crippen LogP contribution < -0.4 is 5.73 Å². The number of likely N-dealkylation sites (tertiary alicyclic amines) is 1. The van der Waals surface area contributed by atoms with Crippen LogP contribution >= 0.6 is 27.7 Å². The van der Waals surface area contributed by atoms with Crippen molar-refractivity contribution in [3.63, 3.8) is 0 Å². The highest BCUT2D eigenvalue weighted by Crippen LogP contribution is 2.35. The molecule has 0 bridgehead atoms. The van der Waals surface area contributed by atoms with Crippen molar-refractivity contribution in [2.45, 2.75) is 24.1 Å². The molecule has 1 fully saturated rings. The van der Waals surface area contributed by atoms with Crippen molar-refractivity contribution in [1.82, 2.24) is 4.90 Å². The first-order chi connectivity index (χ1) is 10.0. The number of hydrogen-bond donors (Lipinski definition) is 2. The number of rotatable bonds is 4. The molecule has 116 valence electrons. The van der Waals surface area contributed by atoms with Gasteiger partial charge in [-0.1, -0.05) is 11.2 Å². The Kier molecular flexibility index (Phi) is 5.51. The van der Waals surface area contributed by atoms with Gasteiger partial charge in [0.25, 0.3) is 0 Å². The van der Waals surface area contributed by atoms with Gasteiger partial charge in [-0.3, -0.25) is 4.90 Å². The zero-order valence-corrected chi connectivity index (χ0v) is 14.3. The van der Waals surface area contributed by atoms with Crippen LogP contribution in [0.3, 0.4) is 0 Å². The van der Waals surface area contributed by atoms with Crippen LogP contribution in [0.2, 0.25) is 0 Å². The first kappa shape index (κ1) is 16.6. The molecule has 4 nitrogen and oxygen atoms in total. The summed E-state index contributed by atoms with van der Waals surface area (Å²) in [6, 6.07) is 5.10. The second-order valence-electron chi connectivity index (χ2n) is 5.21. The van der Waals surface area contributed by atoms with Crippen molar-refractivity contribution in [1.29, 1.82) is 0 Å². The number of oxime groups is 1. The number of piperidine rings is 1. The Labute approximate surface area is 136 Å². The third kappa shape index (κ3) is 3.70. The van der Waals surface area contributed by atoms with Crippen LogP contribution in [0, 0.1) is 5.82 Å². The second kappa shape index (κ2) is 6.98. The molecule has 1 aliphatic rings. The Morgan fingerprint density at radius 1 is 1.52 bits per heavy atom. The summed E-state index contributed by atoms with van der Waals surface area (Å²) in [4.78, 5) is 2.30. The Balaban J connectivity index is 1.99. The van der Waals surface area contributed by atoms with Crippen LogP contribution in [0.15, 0.2) is 27.8 Å². The van der Waals surface area contributed by atoms with Crippen molar-refractivity contribution >= 4 is 33.5 Å². The van der Waals surface area contributed by atoms with Crippen molar-refractivity contribution in [3.05, 3.63) is 34.1 Å². The first-order valence-corrected chi connectivity index (χ1v) is 8.72. The van der Waals surface area contributed by atoms with E-state index in [4.69, 9.17) is 10.9 Å². The molecule has 1 saturated heterocycles. The molecular formula is C14H19BrFN3OS. The lowest BCUT2D eigenvalue weighted by atomic mass is 9.94. The van der Waals surface area contributed by atoms with Gasteiger partial charge in [-0.05, 0) is 52.7 Å². The molecule has 0 spiro atoms. The van der Waals surface area contributed by atoms with Crippen LogP contribution in [0.1, 0.15) is 18.4 Å². The standard InChI is InChI=1S/C14H19BrFN3OS/c1-21-14(13(17)18-20)4-6-19(7-5-14)9-10-2-3-12(16)11(15)8-10/h2-3,8,20H,4-7,9H2,1H3,(H2,17,18). The summed E-state index contributed by atoms with van der Waals surface area (Å²) in [7, 11) is 0. The summed E-state index contributed by atoms with van der Waals surface area (Å²) < 4.78 is 13.5. The van der Waals surface area contributed by atoms with E-state index in [0.29, 0.717) is 10.3 Å². The van der Waals surface area contributed by atoms with Crippen molar-refractivity contribution in [2.75, 3.05) is 19.3 Å². The molecule has 21 heavy (non-hydrogen) atoms. The van der Waals surface area contributed by atoms with E-state index in [1.165, 1.54) is 6.07 Å². The lowest BCUT2D eigenvalue weighted by Crippen LogP contribution is -2.49. The predicted molar refractivity (Wildman–Crippen MR) is 88.3 cm³/mol. The van der Waals surface area contributed by atoms with E-state index in [-0.39, 0.29) is 10.6 Å². The summed E-state index contributed by atoms with van der Waals surface area (Å²) in [6.07, 6.45) is 3.67. The highest BCUT2D eigenvalue weighted by Gasteiger charge is 2.38. The number of nitrogens with zero attached hydrogens (tertiary/aromatic N) is 2. The van der Waals surface area contributed by atoms with E-state index >= 15 is 0 Å². The number of hydrogen-bond acceptors (Lipinski definition) is 4. The van der Waals surface area contributed by atoms with Crippen LogP contribution in [-0.2, 0) is 6.54 Å². The van der Waals surface area contributed by atoms with Crippen molar-refractivity contribution < 1.29 is 9.60 Å². The van der Waals surface area contributed by atoms with E-state index in [9.17, 15) is 4.39 Å².